The van der Waals surface area contributed by atoms with Gasteiger partial charge in [0.25, 0.3) is 5.91 Å². The van der Waals surface area contributed by atoms with Crippen molar-refractivity contribution in [3.63, 3.8) is 0 Å². The Bertz CT molecular complexity index is 1480. The second-order valence-electron chi connectivity index (χ2n) is 10.3. The van der Waals surface area contributed by atoms with E-state index in [2.05, 4.69) is 27.3 Å². The number of carbonyl (C=O) groups is 1. The van der Waals surface area contributed by atoms with Gasteiger partial charge in [-0.1, -0.05) is 12.1 Å². The summed E-state index contributed by atoms with van der Waals surface area (Å²) in [4.78, 5) is 19.9. The third kappa shape index (κ3) is 3.75. The van der Waals surface area contributed by atoms with Crippen LogP contribution in [0.25, 0.3) is 33.5 Å². The maximum absolute atomic E-state index is 13.6. The standard InChI is InChI=1S/C28H32FN5O2/c1-16(29)21(30)15-33-10-9-18-11-23-22(13-20(18)28(33)35)31-27(32(23)2)24-12-19-5-4-6-25(36-3)26(19)34(24)14-17-7-8-17/h4-6,11-13,16-17,21H,7-10,14-15,30H2,1-3H3/t16-,21+/m1/s1. The predicted octanol–water partition coefficient (Wildman–Crippen LogP) is 4.30. The van der Waals surface area contributed by atoms with Gasteiger partial charge in [0.2, 0.25) is 0 Å². The minimum atomic E-state index is -1.17. The summed E-state index contributed by atoms with van der Waals surface area (Å²) >= 11 is 0. The van der Waals surface area contributed by atoms with Crippen molar-refractivity contribution in [3.8, 4) is 17.3 Å². The van der Waals surface area contributed by atoms with E-state index in [0.29, 0.717) is 24.4 Å². The summed E-state index contributed by atoms with van der Waals surface area (Å²) in [5.74, 6) is 2.30. The highest BCUT2D eigenvalue weighted by atomic mass is 19.1. The van der Waals surface area contributed by atoms with Crippen LogP contribution in [0.3, 0.4) is 0 Å². The topological polar surface area (TPSA) is 78.3 Å². The minimum absolute atomic E-state index is 0.103. The fraction of sp³-hybridized carbons (Fsp3) is 0.429. The molecule has 2 aromatic heterocycles. The quantitative estimate of drug-likeness (QED) is 0.420. The first-order valence-corrected chi connectivity index (χ1v) is 12.7. The Balaban J connectivity index is 1.45. The van der Waals surface area contributed by atoms with Crippen molar-refractivity contribution in [1.82, 2.24) is 19.0 Å². The summed E-state index contributed by atoms with van der Waals surface area (Å²) in [5, 5.41) is 1.13. The maximum atomic E-state index is 13.6. The Morgan fingerprint density at radius 3 is 2.78 bits per heavy atom. The van der Waals surface area contributed by atoms with E-state index in [9.17, 15) is 9.18 Å². The number of methoxy groups -OCH3 is 1. The number of amides is 1. The van der Waals surface area contributed by atoms with E-state index in [1.807, 2.05) is 25.2 Å². The Kier molecular flexibility index (Phi) is 5.52. The molecule has 1 aliphatic carbocycles. The van der Waals surface area contributed by atoms with Crippen LogP contribution in [0.2, 0.25) is 0 Å². The van der Waals surface area contributed by atoms with Crippen molar-refractivity contribution in [1.29, 1.82) is 0 Å². The first-order valence-electron chi connectivity index (χ1n) is 12.7. The number of para-hydroxylation sites is 1. The van der Waals surface area contributed by atoms with Crippen LogP contribution >= 0.6 is 0 Å². The molecule has 2 aliphatic rings. The zero-order valence-corrected chi connectivity index (χ0v) is 21.0. The first-order chi connectivity index (χ1) is 17.4. The average molecular weight is 490 g/mol. The normalized spacial score (nSPS) is 17.6. The Morgan fingerprint density at radius 2 is 2.06 bits per heavy atom. The molecule has 0 bridgehead atoms. The van der Waals surface area contributed by atoms with Gasteiger partial charge in [0, 0.05) is 37.6 Å². The molecule has 2 N–H and O–H groups in total. The summed E-state index contributed by atoms with van der Waals surface area (Å²) in [5.41, 5.74) is 11.5. The number of fused-ring (bicyclic) bond motifs is 3. The molecule has 0 spiro atoms. The molecule has 2 atom stereocenters. The first kappa shape index (κ1) is 23.0. The third-order valence-electron chi connectivity index (χ3n) is 7.77. The van der Waals surface area contributed by atoms with Crippen LogP contribution in [0.5, 0.6) is 5.75 Å². The Morgan fingerprint density at radius 1 is 1.25 bits per heavy atom. The van der Waals surface area contributed by atoms with Gasteiger partial charge < -0.3 is 24.5 Å². The molecule has 188 valence electrons. The number of hydrogen-bond acceptors (Lipinski definition) is 4. The lowest BCUT2D eigenvalue weighted by Crippen LogP contribution is -2.47. The number of imidazole rings is 1. The van der Waals surface area contributed by atoms with Crippen LogP contribution in [0, 0.1) is 5.92 Å². The van der Waals surface area contributed by atoms with Crippen LogP contribution < -0.4 is 10.5 Å². The number of carbonyl (C=O) groups excluding carboxylic acids is 1. The molecule has 7 nitrogen and oxygen atoms in total. The summed E-state index contributed by atoms with van der Waals surface area (Å²) in [6.45, 7) is 3.12. The molecule has 3 heterocycles. The van der Waals surface area contributed by atoms with Crippen molar-refractivity contribution in [2.45, 2.75) is 44.9 Å². The number of aryl methyl sites for hydroxylation is 1. The van der Waals surface area contributed by atoms with Gasteiger partial charge in [-0.3, -0.25) is 4.79 Å². The van der Waals surface area contributed by atoms with E-state index in [4.69, 9.17) is 15.5 Å². The van der Waals surface area contributed by atoms with Gasteiger partial charge in [-0.25, -0.2) is 9.37 Å². The Hall–Kier alpha value is -3.39. The average Bonchev–Trinajstić information content (AvgIpc) is 3.54. The second kappa shape index (κ2) is 8.62. The fourth-order valence-electron chi connectivity index (χ4n) is 5.41. The van der Waals surface area contributed by atoms with Crippen molar-refractivity contribution in [3.05, 3.63) is 47.5 Å². The summed E-state index contributed by atoms with van der Waals surface area (Å²) in [6.07, 6.45) is 2.03. The van der Waals surface area contributed by atoms with Gasteiger partial charge >= 0.3 is 0 Å². The zero-order chi connectivity index (χ0) is 25.1. The SMILES string of the molecule is COc1cccc2cc(-c3nc4cc5c(cc4n3C)CCN(C[C@H](N)[C@@H](C)F)C5=O)n(CC3CC3)c12. The number of aromatic nitrogens is 3. The number of hydrogen-bond donors (Lipinski definition) is 1. The highest BCUT2D eigenvalue weighted by Crippen LogP contribution is 2.39. The highest BCUT2D eigenvalue weighted by molar-refractivity contribution is 6.01. The third-order valence-corrected chi connectivity index (χ3v) is 7.77. The van der Waals surface area contributed by atoms with E-state index in [1.54, 1.807) is 12.0 Å². The van der Waals surface area contributed by atoms with E-state index < -0.39 is 12.2 Å². The van der Waals surface area contributed by atoms with Crippen LogP contribution in [-0.4, -0.2) is 57.3 Å². The largest absolute Gasteiger partial charge is 0.495 e. The number of rotatable bonds is 7. The van der Waals surface area contributed by atoms with E-state index in [-0.39, 0.29) is 12.5 Å². The fourth-order valence-corrected chi connectivity index (χ4v) is 5.41. The van der Waals surface area contributed by atoms with E-state index in [0.717, 1.165) is 51.3 Å². The lowest BCUT2D eigenvalue weighted by molar-refractivity contribution is 0.0713. The van der Waals surface area contributed by atoms with Crippen molar-refractivity contribution in [2.75, 3.05) is 20.2 Å². The molecule has 0 saturated heterocycles. The molecule has 6 rings (SSSR count). The van der Waals surface area contributed by atoms with Crippen LogP contribution in [0.1, 0.15) is 35.7 Å². The number of ether oxygens (including phenoxy) is 1. The number of nitrogens with zero attached hydrogens (tertiary/aromatic N) is 4. The van der Waals surface area contributed by atoms with Crippen LogP contribution in [0.15, 0.2) is 36.4 Å². The molecular weight excluding hydrogens is 457 g/mol. The molecule has 8 heteroatoms. The number of benzene rings is 2. The molecule has 1 amide bonds. The number of alkyl halides is 1. The highest BCUT2D eigenvalue weighted by Gasteiger charge is 2.30. The van der Waals surface area contributed by atoms with Gasteiger partial charge in [0.05, 0.1) is 35.4 Å². The maximum Gasteiger partial charge on any atom is 0.254 e. The molecule has 2 aromatic carbocycles. The molecule has 0 radical (unpaired) electrons. The zero-order valence-electron chi connectivity index (χ0n) is 21.0. The van der Waals surface area contributed by atoms with E-state index in [1.165, 1.54) is 19.8 Å². The van der Waals surface area contributed by atoms with Crippen LogP contribution in [-0.2, 0) is 20.0 Å². The molecule has 1 fully saturated rings. The molecule has 0 unspecified atom stereocenters. The lowest BCUT2D eigenvalue weighted by atomic mass is 9.97. The predicted molar refractivity (Wildman–Crippen MR) is 139 cm³/mol. The van der Waals surface area contributed by atoms with Crippen LogP contribution in [0.4, 0.5) is 4.39 Å². The minimum Gasteiger partial charge on any atom is -0.495 e. The molecular formula is C28H32FN5O2. The molecule has 1 aliphatic heterocycles. The lowest BCUT2D eigenvalue weighted by Gasteiger charge is -2.31. The Labute approximate surface area is 209 Å². The van der Waals surface area contributed by atoms with Crippen molar-refractivity contribution >= 4 is 27.8 Å². The number of halogens is 1. The molecule has 36 heavy (non-hydrogen) atoms. The monoisotopic (exact) mass is 489 g/mol. The smallest absolute Gasteiger partial charge is 0.254 e. The van der Waals surface area contributed by atoms with Gasteiger partial charge in [-0.05, 0) is 61.9 Å². The summed E-state index contributed by atoms with van der Waals surface area (Å²) in [6, 6.07) is 11.6. The van der Waals surface area contributed by atoms with Crippen molar-refractivity contribution < 1.29 is 13.9 Å². The number of nitrogens with two attached hydrogens (primary N) is 1. The van der Waals surface area contributed by atoms with Gasteiger partial charge in [0.15, 0.2) is 5.82 Å². The van der Waals surface area contributed by atoms with Gasteiger partial charge in [0.1, 0.15) is 11.9 Å². The van der Waals surface area contributed by atoms with Gasteiger partial charge in [-0.15, -0.1) is 0 Å². The van der Waals surface area contributed by atoms with Gasteiger partial charge in [-0.2, -0.15) is 0 Å². The van der Waals surface area contributed by atoms with Crippen molar-refractivity contribution in [2.24, 2.45) is 18.7 Å². The summed E-state index contributed by atoms with van der Waals surface area (Å²) < 4.78 is 23.8. The molecule has 4 aromatic rings. The van der Waals surface area contributed by atoms with E-state index >= 15 is 0 Å². The second-order valence-corrected chi connectivity index (χ2v) is 10.3. The summed E-state index contributed by atoms with van der Waals surface area (Å²) in [7, 11) is 3.75. The molecule has 1 saturated carbocycles.